The molecule has 1 aromatic heterocycles. The molecule has 0 unspecified atom stereocenters. The zero-order chi connectivity index (χ0) is 15.0. The molecule has 0 radical (unpaired) electrons. The molecule has 0 aliphatic rings. The van der Waals surface area contributed by atoms with Crippen molar-refractivity contribution in [2.75, 3.05) is 0 Å². The maximum Gasteiger partial charge on any atom is 0.257 e. The van der Waals surface area contributed by atoms with Gasteiger partial charge in [-0.3, -0.25) is 9.59 Å². The van der Waals surface area contributed by atoms with E-state index in [2.05, 4.69) is 0 Å². The normalized spacial score (nSPS) is 10.8. The van der Waals surface area contributed by atoms with Crippen molar-refractivity contribution in [3.05, 3.63) is 76.3 Å². The number of para-hydroxylation sites is 1. The molecule has 0 aliphatic carbocycles. The SMILES string of the molecule is O=C(Cl)c1cn(-c2ccc(F)cc2)c2ccccc2c1=O. The maximum absolute atomic E-state index is 13.1. The summed E-state index contributed by atoms with van der Waals surface area (Å²) >= 11 is 5.48. The monoisotopic (exact) mass is 301 g/mol. The van der Waals surface area contributed by atoms with Crippen LogP contribution in [0.2, 0.25) is 0 Å². The number of carbonyl (C=O) groups is 1. The summed E-state index contributed by atoms with van der Waals surface area (Å²) in [5.74, 6) is -0.363. The third-order valence-corrected chi connectivity index (χ3v) is 3.43. The molecule has 0 fully saturated rings. The first-order valence-corrected chi connectivity index (χ1v) is 6.56. The van der Waals surface area contributed by atoms with Crippen LogP contribution in [0.3, 0.4) is 0 Å². The number of pyridine rings is 1. The van der Waals surface area contributed by atoms with Crippen LogP contribution >= 0.6 is 11.6 Å². The van der Waals surface area contributed by atoms with Gasteiger partial charge in [-0.1, -0.05) is 12.1 Å². The van der Waals surface area contributed by atoms with Gasteiger partial charge in [0.1, 0.15) is 5.82 Å². The molecule has 1 heterocycles. The van der Waals surface area contributed by atoms with Gasteiger partial charge >= 0.3 is 0 Å². The van der Waals surface area contributed by atoms with Gasteiger partial charge in [-0.15, -0.1) is 0 Å². The molecular formula is C16H9ClFNO2. The molecule has 3 nitrogen and oxygen atoms in total. The van der Waals surface area contributed by atoms with Gasteiger partial charge in [-0.25, -0.2) is 4.39 Å². The van der Waals surface area contributed by atoms with Gasteiger partial charge in [0.05, 0.1) is 11.1 Å². The lowest BCUT2D eigenvalue weighted by atomic mass is 10.1. The van der Waals surface area contributed by atoms with Crippen LogP contribution in [0.25, 0.3) is 16.6 Å². The molecule has 0 spiro atoms. The summed E-state index contributed by atoms with van der Waals surface area (Å²) in [4.78, 5) is 23.7. The van der Waals surface area contributed by atoms with E-state index >= 15 is 0 Å². The Morgan fingerprint density at radius 3 is 2.38 bits per heavy atom. The van der Waals surface area contributed by atoms with Gasteiger partial charge in [-0.2, -0.15) is 0 Å². The smallest absolute Gasteiger partial charge is 0.257 e. The molecule has 0 bridgehead atoms. The summed E-state index contributed by atoms with van der Waals surface area (Å²) in [6.45, 7) is 0. The van der Waals surface area contributed by atoms with Crippen molar-refractivity contribution in [3.8, 4) is 5.69 Å². The highest BCUT2D eigenvalue weighted by atomic mass is 35.5. The summed E-state index contributed by atoms with van der Waals surface area (Å²) in [6.07, 6.45) is 1.38. The van der Waals surface area contributed by atoms with E-state index in [1.54, 1.807) is 41.0 Å². The highest BCUT2D eigenvalue weighted by Gasteiger charge is 2.14. The molecule has 0 amide bonds. The minimum atomic E-state index is -0.818. The first kappa shape index (κ1) is 13.5. The second-order valence-corrected chi connectivity index (χ2v) is 4.85. The summed E-state index contributed by atoms with van der Waals surface area (Å²) in [6, 6.07) is 12.6. The number of hydrogen-bond donors (Lipinski definition) is 0. The number of halogens is 2. The van der Waals surface area contributed by atoms with Crippen LogP contribution in [-0.2, 0) is 0 Å². The maximum atomic E-state index is 13.1. The lowest BCUT2D eigenvalue weighted by molar-refractivity contribution is 0.108. The Balaban J connectivity index is 2.41. The number of fused-ring (bicyclic) bond motifs is 1. The van der Waals surface area contributed by atoms with E-state index in [4.69, 9.17) is 11.6 Å². The van der Waals surface area contributed by atoms with E-state index in [0.29, 0.717) is 16.6 Å². The molecule has 21 heavy (non-hydrogen) atoms. The van der Waals surface area contributed by atoms with Crippen LogP contribution in [-0.4, -0.2) is 9.81 Å². The Kier molecular flexibility index (Phi) is 3.31. The molecule has 0 saturated carbocycles. The van der Waals surface area contributed by atoms with Gasteiger partial charge in [0.25, 0.3) is 5.24 Å². The molecule has 0 aliphatic heterocycles. The van der Waals surface area contributed by atoms with Gasteiger partial charge in [-0.05, 0) is 48.0 Å². The van der Waals surface area contributed by atoms with E-state index in [1.807, 2.05) is 0 Å². The van der Waals surface area contributed by atoms with Crippen molar-refractivity contribution < 1.29 is 9.18 Å². The standard InChI is InChI=1S/C16H9ClFNO2/c17-16(21)13-9-19(11-7-5-10(18)6-8-11)14-4-2-1-3-12(14)15(13)20/h1-9H. The molecular weight excluding hydrogens is 293 g/mol. The molecule has 0 N–H and O–H groups in total. The van der Waals surface area contributed by atoms with Crippen LogP contribution in [0.15, 0.2) is 59.5 Å². The summed E-state index contributed by atoms with van der Waals surface area (Å²) < 4.78 is 14.7. The lowest BCUT2D eigenvalue weighted by Gasteiger charge is -2.12. The average Bonchev–Trinajstić information content (AvgIpc) is 2.49. The first-order chi connectivity index (χ1) is 10.1. The van der Waals surface area contributed by atoms with Crippen molar-refractivity contribution in [3.63, 3.8) is 0 Å². The minimum absolute atomic E-state index is 0.111. The van der Waals surface area contributed by atoms with Crippen LogP contribution < -0.4 is 5.43 Å². The van der Waals surface area contributed by atoms with Crippen molar-refractivity contribution >= 4 is 27.7 Å². The zero-order valence-electron chi connectivity index (χ0n) is 10.7. The molecule has 3 rings (SSSR count). The molecule has 5 heteroatoms. The largest absolute Gasteiger partial charge is 0.316 e. The highest BCUT2D eigenvalue weighted by Crippen LogP contribution is 2.18. The number of carbonyl (C=O) groups excluding carboxylic acids is 1. The van der Waals surface area contributed by atoms with Crippen molar-refractivity contribution in [2.45, 2.75) is 0 Å². The van der Waals surface area contributed by atoms with Crippen molar-refractivity contribution in [2.24, 2.45) is 0 Å². The fourth-order valence-corrected chi connectivity index (χ4v) is 2.37. The van der Waals surface area contributed by atoms with E-state index in [9.17, 15) is 14.0 Å². The van der Waals surface area contributed by atoms with Crippen LogP contribution in [0, 0.1) is 5.82 Å². The van der Waals surface area contributed by atoms with Crippen LogP contribution in [0.1, 0.15) is 10.4 Å². The van der Waals surface area contributed by atoms with Crippen LogP contribution in [0.5, 0.6) is 0 Å². The Labute approximate surface area is 124 Å². The number of aromatic nitrogens is 1. The highest BCUT2D eigenvalue weighted by molar-refractivity contribution is 6.67. The molecule has 3 aromatic rings. The molecule has 0 saturated heterocycles. The first-order valence-electron chi connectivity index (χ1n) is 6.18. The van der Waals surface area contributed by atoms with Crippen molar-refractivity contribution in [1.82, 2.24) is 4.57 Å². The number of nitrogens with zero attached hydrogens (tertiary/aromatic N) is 1. The third-order valence-electron chi connectivity index (χ3n) is 3.23. The quantitative estimate of drug-likeness (QED) is 0.680. The summed E-state index contributed by atoms with van der Waals surface area (Å²) in [5.41, 5.74) is 0.728. The van der Waals surface area contributed by atoms with Crippen LogP contribution in [0.4, 0.5) is 4.39 Å². The Bertz CT molecular complexity index is 900. The Morgan fingerprint density at radius 2 is 1.71 bits per heavy atom. The van der Waals surface area contributed by atoms with Gasteiger partial charge in [0, 0.05) is 17.3 Å². The number of rotatable bonds is 2. The second-order valence-electron chi connectivity index (χ2n) is 4.51. The summed E-state index contributed by atoms with van der Waals surface area (Å²) in [7, 11) is 0. The molecule has 0 atom stereocenters. The summed E-state index contributed by atoms with van der Waals surface area (Å²) in [5, 5.41) is -0.435. The second kappa shape index (κ2) is 5.14. The lowest BCUT2D eigenvalue weighted by Crippen LogP contribution is -2.16. The average molecular weight is 302 g/mol. The fourth-order valence-electron chi connectivity index (χ4n) is 2.23. The van der Waals surface area contributed by atoms with Crippen molar-refractivity contribution in [1.29, 1.82) is 0 Å². The number of benzene rings is 2. The Hall–Kier alpha value is -2.46. The predicted octanol–water partition coefficient (Wildman–Crippen LogP) is 3.51. The van der Waals surface area contributed by atoms with E-state index in [-0.39, 0.29) is 11.4 Å². The zero-order valence-corrected chi connectivity index (χ0v) is 11.5. The van der Waals surface area contributed by atoms with Gasteiger partial charge < -0.3 is 4.57 Å². The van der Waals surface area contributed by atoms with Gasteiger partial charge in [0.2, 0.25) is 5.43 Å². The molecule has 2 aromatic carbocycles. The third kappa shape index (κ3) is 2.34. The van der Waals surface area contributed by atoms with E-state index < -0.39 is 10.7 Å². The Morgan fingerprint density at radius 1 is 1.05 bits per heavy atom. The van der Waals surface area contributed by atoms with E-state index in [0.717, 1.165) is 0 Å². The van der Waals surface area contributed by atoms with E-state index in [1.165, 1.54) is 18.3 Å². The fraction of sp³-hybridized carbons (Fsp3) is 0. The predicted molar refractivity (Wildman–Crippen MR) is 79.7 cm³/mol. The minimum Gasteiger partial charge on any atom is -0.316 e. The number of hydrogen-bond acceptors (Lipinski definition) is 2. The van der Waals surface area contributed by atoms with Gasteiger partial charge in [0.15, 0.2) is 0 Å². The molecule has 104 valence electrons. The topological polar surface area (TPSA) is 39.1 Å².